The molecule has 2 amide bonds. The SMILES string of the molecule is C[C@@H](C=Cc1cnc(Oc2ccc(OCC3CC3)cc2Cl)s1)NC(=O)c1ccnc(C(=O)NC(C)(C)C(=O)O)c1. The third-order valence-electron chi connectivity index (χ3n) is 5.91. The number of carboxylic acid groups (broad SMARTS) is 1. The molecule has 2 heterocycles. The first-order valence-electron chi connectivity index (χ1n) is 12.6. The second-order valence-corrected chi connectivity index (χ2v) is 11.3. The Bertz CT molecular complexity index is 1440. The Hall–Kier alpha value is -3.96. The Morgan fingerprint density at radius 3 is 2.67 bits per heavy atom. The molecule has 0 saturated heterocycles. The molecule has 1 aliphatic carbocycles. The highest BCUT2D eigenvalue weighted by atomic mass is 35.5. The van der Waals surface area contributed by atoms with E-state index in [1.165, 1.54) is 56.4 Å². The zero-order valence-electron chi connectivity index (χ0n) is 22.1. The monoisotopic (exact) mass is 584 g/mol. The summed E-state index contributed by atoms with van der Waals surface area (Å²) in [6, 6.07) is 7.72. The van der Waals surface area contributed by atoms with Crippen molar-refractivity contribution in [3.63, 3.8) is 0 Å². The predicted molar refractivity (Wildman–Crippen MR) is 151 cm³/mol. The van der Waals surface area contributed by atoms with Crippen molar-refractivity contribution in [3.8, 4) is 16.7 Å². The summed E-state index contributed by atoms with van der Waals surface area (Å²) in [5.74, 6) is -0.480. The molecule has 10 nitrogen and oxygen atoms in total. The largest absolute Gasteiger partial charge is 0.493 e. The van der Waals surface area contributed by atoms with Crippen LogP contribution in [0.5, 0.6) is 16.7 Å². The Kier molecular flexibility index (Phi) is 9.06. The van der Waals surface area contributed by atoms with Crippen LogP contribution in [0.1, 0.15) is 59.3 Å². The molecule has 3 N–H and O–H groups in total. The van der Waals surface area contributed by atoms with Crippen LogP contribution in [0.2, 0.25) is 5.02 Å². The van der Waals surface area contributed by atoms with Crippen molar-refractivity contribution in [1.29, 1.82) is 0 Å². The van der Waals surface area contributed by atoms with Gasteiger partial charge in [0.05, 0.1) is 16.5 Å². The van der Waals surface area contributed by atoms with E-state index >= 15 is 0 Å². The molecule has 40 heavy (non-hydrogen) atoms. The molecule has 0 spiro atoms. The first kappa shape index (κ1) is 29.0. The topological polar surface area (TPSA) is 140 Å². The Morgan fingerprint density at radius 1 is 1.20 bits per heavy atom. The van der Waals surface area contributed by atoms with Crippen molar-refractivity contribution in [2.75, 3.05) is 6.61 Å². The summed E-state index contributed by atoms with van der Waals surface area (Å²) in [7, 11) is 0. The van der Waals surface area contributed by atoms with Crippen molar-refractivity contribution in [2.24, 2.45) is 5.92 Å². The van der Waals surface area contributed by atoms with Crippen LogP contribution in [0, 0.1) is 5.92 Å². The number of hydrogen-bond acceptors (Lipinski definition) is 8. The maximum atomic E-state index is 12.7. The third kappa shape index (κ3) is 8.03. The van der Waals surface area contributed by atoms with Gasteiger partial charge in [0.25, 0.3) is 17.0 Å². The van der Waals surface area contributed by atoms with E-state index in [-0.39, 0.29) is 17.3 Å². The molecule has 0 bridgehead atoms. The highest BCUT2D eigenvalue weighted by Gasteiger charge is 2.30. The highest BCUT2D eigenvalue weighted by Crippen LogP contribution is 2.35. The summed E-state index contributed by atoms with van der Waals surface area (Å²) in [6.07, 6.45) is 8.99. The van der Waals surface area contributed by atoms with Gasteiger partial charge in [-0.1, -0.05) is 29.0 Å². The number of benzene rings is 1. The summed E-state index contributed by atoms with van der Waals surface area (Å²) < 4.78 is 11.6. The fraction of sp³-hybridized carbons (Fsp3) is 0.321. The Morgan fingerprint density at radius 2 is 1.98 bits per heavy atom. The lowest BCUT2D eigenvalue weighted by molar-refractivity contribution is -0.143. The molecule has 1 saturated carbocycles. The van der Waals surface area contributed by atoms with Crippen LogP contribution in [0.25, 0.3) is 6.08 Å². The summed E-state index contributed by atoms with van der Waals surface area (Å²) in [5, 5.41) is 15.3. The maximum Gasteiger partial charge on any atom is 0.328 e. The van der Waals surface area contributed by atoms with Crippen molar-refractivity contribution in [2.45, 2.75) is 45.2 Å². The second kappa shape index (κ2) is 12.5. The average molecular weight is 585 g/mol. The maximum absolute atomic E-state index is 12.7. The van der Waals surface area contributed by atoms with Gasteiger partial charge < -0.3 is 25.2 Å². The third-order valence-corrected chi connectivity index (χ3v) is 7.04. The molecule has 1 atom stereocenters. The van der Waals surface area contributed by atoms with E-state index in [0.29, 0.717) is 34.2 Å². The average Bonchev–Trinajstić information content (AvgIpc) is 3.64. The van der Waals surface area contributed by atoms with Crippen LogP contribution in [-0.4, -0.2) is 51.0 Å². The summed E-state index contributed by atoms with van der Waals surface area (Å²) >= 11 is 7.67. The van der Waals surface area contributed by atoms with Crippen LogP contribution in [0.15, 0.2) is 48.8 Å². The first-order chi connectivity index (χ1) is 19.0. The van der Waals surface area contributed by atoms with Crippen LogP contribution >= 0.6 is 22.9 Å². The summed E-state index contributed by atoms with van der Waals surface area (Å²) in [5.41, 5.74) is -1.34. The van der Waals surface area contributed by atoms with Gasteiger partial charge in [-0.05, 0) is 69.9 Å². The molecule has 2 aromatic heterocycles. The van der Waals surface area contributed by atoms with Crippen molar-refractivity contribution >= 4 is 46.8 Å². The number of carboxylic acids is 1. The number of thiazole rings is 1. The van der Waals surface area contributed by atoms with Gasteiger partial charge in [0, 0.05) is 30.1 Å². The van der Waals surface area contributed by atoms with E-state index in [9.17, 15) is 19.5 Å². The molecule has 0 unspecified atom stereocenters. The fourth-order valence-electron chi connectivity index (χ4n) is 3.32. The van der Waals surface area contributed by atoms with Crippen LogP contribution in [0.3, 0.4) is 0 Å². The number of nitrogens with one attached hydrogen (secondary N) is 2. The molecule has 0 radical (unpaired) electrons. The van der Waals surface area contributed by atoms with Crippen molar-refractivity contribution in [1.82, 2.24) is 20.6 Å². The molecule has 1 aliphatic rings. The lowest BCUT2D eigenvalue weighted by Gasteiger charge is -2.20. The number of rotatable bonds is 12. The smallest absolute Gasteiger partial charge is 0.328 e. The van der Waals surface area contributed by atoms with Crippen molar-refractivity contribution in [3.05, 3.63) is 70.0 Å². The second-order valence-electron chi connectivity index (χ2n) is 9.91. The molecule has 12 heteroatoms. The number of ether oxygens (including phenoxy) is 2. The van der Waals surface area contributed by atoms with Crippen LogP contribution in [0.4, 0.5) is 0 Å². The zero-order valence-corrected chi connectivity index (χ0v) is 23.7. The van der Waals surface area contributed by atoms with E-state index in [1.54, 1.807) is 31.3 Å². The van der Waals surface area contributed by atoms with Gasteiger partial charge in [0.2, 0.25) is 0 Å². The lowest BCUT2D eigenvalue weighted by atomic mass is 10.1. The Labute approximate surface area is 240 Å². The van der Waals surface area contributed by atoms with E-state index in [2.05, 4.69) is 20.6 Å². The minimum Gasteiger partial charge on any atom is -0.493 e. The number of aromatic nitrogens is 2. The summed E-state index contributed by atoms with van der Waals surface area (Å²) in [4.78, 5) is 45.4. The number of aliphatic carboxylic acids is 1. The van der Waals surface area contributed by atoms with E-state index in [1.807, 2.05) is 12.1 Å². The summed E-state index contributed by atoms with van der Waals surface area (Å²) in [6.45, 7) is 5.21. The standard InChI is InChI=1S/C28H29ClN4O6S/c1-16(32-24(34)18-10-11-30-22(12-18)25(35)33-28(2,3)26(36)37)4-8-20-14-31-27(40-20)39-23-9-7-19(13-21(23)29)38-15-17-5-6-17/h4,7-14,16-17H,5-6,15H2,1-3H3,(H,32,34)(H,33,35)(H,36,37)/t16-/m0/s1. The molecule has 1 aromatic carbocycles. The molecular weight excluding hydrogens is 556 g/mol. The number of halogens is 1. The van der Waals surface area contributed by atoms with E-state index in [4.69, 9.17) is 21.1 Å². The minimum atomic E-state index is -1.49. The quantitative estimate of drug-likeness (QED) is 0.264. The number of carbonyl (C=O) groups is 3. The molecule has 3 aromatic rings. The first-order valence-corrected chi connectivity index (χ1v) is 13.8. The fourth-order valence-corrected chi connectivity index (χ4v) is 4.22. The van der Waals surface area contributed by atoms with Crippen molar-refractivity contribution < 1.29 is 29.0 Å². The highest BCUT2D eigenvalue weighted by molar-refractivity contribution is 7.14. The van der Waals surface area contributed by atoms with E-state index in [0.717, 1.165) is 4.88 Å². The lowest BCUT2D eigenvalue weighted by Crippen LogP contribution is -2.49. The number of nitrogens with zero attached hydrogens (tertiary/aromatic N) is 2. The van der Waals surface area contributed by atoms with E-state index < -0.39 is 23.3 Å². The molecule has 0 aliphatic heterocycles. The normalized spacial score (nSPS) is 14.0. The van der Waals surface area contributed by atoms with Gasteiger partial charge in [-0.15, -0.1) is 0 Å². The molecule has 1 fully saturated rings. The van der Waals surface area contributed by atoms with Crippen LogP contribution < -0.4 is 20.1 Å². The van der Waals surface area contributed by atoms with Gasteiger partial charge in [-0.25, -0.2) is 9.78 Å². The number of carbonyl (C=O) groups excluding carboxylic acids is 2. The van der Waals surface area contributed by atoms with Gasteiger partial charge in [0.15, 0.2) is 0 Å². The van der Waals surface area contributed by atoms with Gasteiger partial charge in [0.1, 0.15) is 22.7 Å². The van der Waals surface area contributed by atoms with Gasteiger partial charge >= 0.3 is 5.97 Å². The zero-order chi connectivity index (χ0) is 28.9. The Balaban J connectivity index is 1.30. The van der Waals surface area contributed by atoms with Gasteiger partial charge in [-0.2, -0.15) is 0 Å². The molecule has 4 rings (SSSR count). The molecule has 210 valence electrons. The minimum absolute atomic E-state index is 0.0668. The number of amides is 2. The molecular formula is C28H29ClN4O6S. The number of pyridine rings is 1. The predicted octanol–water partition coefficient (Wildman–Crippen LogP) is 5.20. The number of hydrogen-bond donors (Lipinski definition) is 3. The van der Waals surface area contributed by atoms with Gasteiger partial charge in [-0.3, -0.25) is 14.6 Å². The van der Waals surface area contributed by atoms with Crippen LogP contribution in [-0.2, 0) is 4.79 Å².